The van der Waals surface area contributed by atoms with Gasteiger partial charge in [-0.05, 0) is 12.1 Å². The molecule has 1 fully saturated rings. The number of para-hydroxylation sites is 1. The molecule has 0 saturated carbocycles. The van der Waals surface area contributed by atoms with Crippen molar-refractivity contribution in [3.05, 3.63) is 41.8 Å². The van der Waals surface area contributed by atoms with Crippen molar-refractivity contribution in [1.82, 2.24) is 9.88 Å². The zero-order valence-corrected chi connectivity index (χ0v) is 16.2. The van der Waals surface area contributed by atoms with Gasteiger partial charge in [-0.2, -0.15) is 0 Å². The number of hydrogen-bond acceptors (Lipinski definition) is 7. The van der Waals surface area contributed by atoms with E-state index >= 15 is 0 Å². The average molecular weight is 417 g/mol. The van der Waals surface area contributed by atoms with Crippen LogP contribution < -0.4 is 10.1 Å². The number of thiazole rings is 1. The molecule has 10 heteroatoms. The summed E-state index contributed by atoms with van der Waals surface area (Å²) in [6.07, 6.45) is 1.66. The number of aromatic nitrogens is 1. The number of morpholine rings is 1. The molecule has 0 atom stereocenters. The molecular weight excluding hydrogens is 398 g/mol. The topological polar surface area (TPSA) is 118 Å². The van der Waals surface area contributed by atoms with E-state index in [0.717, 1.165) is 12.2 Å². The van der Waals surface area contributed by atoms with Crippen LogP contribution in [0.15, 0.2) is 41.8 Å². The number of carboxylic acids is 1. The first-order valence-electron chi connectivity index (χ1n) is 8.78. The average Bonchev–Trinajstić information content (AvgIpc) is 3.19. The number of hydrogen-bond donors (Lipinski definition) is 2. The standard InChI is InChI=1S/C19H19N3O6S/c23-16(5-6-18(25)26)21-19-20-14(12-29-19)13-3-1-2-4-15(13)28-11-17(24)22-7-9-27-10-8-22/h1-6,12H,7-11H2,(H,25,26)(H,20,21,23)/b6-5+. The molecule has 1 aliphatic heterocycles. The zero-order chi connectivity index (χ0) is 20.6. The third-order valence-corrected chi connectivity index (χ3v) is 4.75. The van der Waals surface area contributed by atoms with Gasteiger partial charge in [0.1, 0.15) is 5.75 Å². The summed E-state index contributed by atoms with van der Waals surface area (Å²) < 4.78 is 11.0. The van der Waals surface area contributed by atoms with E-state index in [2.05, 4.69) is 10.3 Å². The molecule has 2 N–H and O–H groups in total. The second-order valence-electron chi connectivity index (χ2n) is 5.98. The van der Waals surface area contributed by atoms with Crippen LogP contribution in [-0.4, -0.2) is 65.7 Å². The van der Waals surface area contributed by atoms with E-state index in [-0.39, 0.29) is 12.5 Å². The van der Waals surface area contributed by atoms with E-state index in [1.165, 1.54) is 11.3 Å². The first-order valence-corrected chi connectivity index (χ1v) is 9.66. The van der Waals surface area contributed by atoms with Crippen molar-refractivity contribution in [2.75, 3.05) is 38.2 Å². The summed E-state index contributed by atoms with van der Waals surface area (Å²) in [5.74, 6) is -1.41. The summed E-state index contributed by atoms with van der Waals surface area (Å²) in [4.78, 5) is 40.5. The third kappa shape index (κ3) is 5.87. The molecular formula is C19H19N3O6S. The number of anilines is 1. The molecule has 152 valence electrons. The smallest absolute Gasteiger partial charge is 0.328 e. The number of rotatable bonds is 7. The summed E-state index contributed by atoms with van der Waals surface area (Å²) in [6.45, 7) is 2.06. The molecule has 0 aliphatic carbocycles. The molecule has 2 aromatic rings. The first-order chi connectivity index (χ1) is 14.0. The van der Waals surface area contributed by atoms with Crippen LogP contribution in [0.1, 0.15) is 0 Å². The molecule has 2 heterocycles. The van der Waals surface area contributed by atoms with Crippen LogP contribution in [0.25, 0.3) is 11.3 Å². The fourth-order valence-corrected chi connectivity index (χ4v) is 3.31. The number of aliphatic carboxylic acids is 1. The lowest BCUT2D eigenvalue weighted by molar-refractivity contribution is -0.137. The fourth-order valence-electron chi connectivity index (χ4n) is 2.60. The molecule has 0 radical (unpaired) electrons. The summed E-state index contributed by atoms with van der Waals surface area (Å²) in [5, 5.41) is 13.1. The molecule has 2 amide bonds. The monoisotopic (exact) mass is 417 g/mol. The van der Waals surface area contributed by atoms with Crippen LogP contribution in [0.3, 0.4) is 0 Å². The molecule has 0 unspecified atom stereocenters. The Labute approximate surface area is 170 Å². The van der Waals surface area contributed by atoms with Crippen LogP contribution in [0.2, 0.25) is 0 Å². The van der Waals surface area contributed by atoms with Gasteiger partial charge in [-0.3, -0.25) is 14.9 Å². The minimum atomic E-state index is -1.21. The molecule has 9 nitrogen and oxygen atoms in total. The molecule has 1 aromatic carbocycles. The summed E-state index contributed by atoms with van der Waals surface area (Å²) in [5.41, 5.74) is 1.25. The van der Waals surface area contributed by atoms with Gasteiger partial charge in [0.25, 0.3) is 5.91 Å². The van der Waals surface area contributed by atoms with E-state index < -0.39 is 11.9 Å². The highest BCUT2D eigenvalue weighted by molar-refractivity contribution is 7.14. The minimum Gasteiger partial charge on any atom is -0.483 e. The van der Waals surface area contributed by atoms with E-state index in [1.807, 2.05) is 6.07 Å². The van der Waals surface area contributed by atoms with Crippen LogP contribution in [0.4, 0.5) is 5.13 Å². The van der Waals surface area contributed by atoms with Crippen LogP contribution in [-0.2, 0) is 19.1 Å². The maximum absolute atomic E-state index is 12.3. The maximum atomic E-state index is 12.3. The number of carboxylic acid groups (broad SMARTS) is 1. The Morgan fingerprint density at radius 1 is 1.24 bits per heavy atom. The van der Waals surface area contributed by atoms with Gasteiger partial charge >= 0.3 is 5.97 Å². The molecule has 0 bridgehead atoms. The van der Waals surface area contributed by atoms with Crippen molar-refractivity contribution in [2.24, 2.45) is 0 Å². The molecule has 1 aliphatic rings. The largest absolute Gasteiger partial charge is 0.483 e. The van der Waals surface area contributed by atoms with E-state index in [1.54, 1.807) is 28.5 Å². The summed E-state index contributed by atoms with van der Waals surface area (Å²) >= 11 is 1.19. The molecule has 0 spiro atoms. The predicted molar refractivity (Wildman–Crippen MR) is 106 cm³/mol. The number of nitrogens with zero attached hydrogens (tertiary/aromatic N) is 2. The van der Waals surface area contributed by atoms with E-state index in [4.69, 9.17) is 14.6 Å². The van der Waals surface area contributed by atoms with Crippen LogP contribution in [0.5, 0.6) is 5.75 Å². The highest BCUT2D eigenvalue weighted by Crippen LogP contribution is 2.32. The van der Waals surface area contributed by atoms with Crippen molar-refractivity contribution >= 4 is 34.3 Å². The van der Waals surface area contributed by atoms with Crippen molar-refractivity contribution in [1.29, 1.82) is 0 Å². The fraction of sp³-hybridized carbons (Fsp3) is 0.263. The summed E-state index contributed by atoms with van der Waals surface area (Å²) in [7, 11) is 0. The Morgan fingerprint density at radius 3 is 2.76 bits per heavy atom. The quantitative estimate of drug-likeness (QED) is 0.657. The number of carbonyl (C=O) groups is 3. The number of ether oxygens (including phenoxy) is 2. The van der Waals surface area contributed by atoms with Crippen LogP contribution in [0, 0.1) is 0 Å². The van der Waals surface area contributed by atoms with Crippen molar-refractivity contribution in [3.8, 4) is 17.0 Å². The second-order valence-corrected chi connectivity index (χ2v) is 6.83. The number of nitrogens with one attached hydrogen (secondary N) is 1. The van der Waals surface area contributed by atoms with Gasteiger partial charge in [0.15, 0.2) is 11.7 Å². The zero-order valence-electron chi connectivity index (χ0n) is 15.4. The molecule has 1 saturated heterocycles. The highest BCUT2D eigenvalue weighted by Gasteiger charge is 2.18. The van der Waals surface area contributed by atoms with Crippen LogP contribution >= 0.6 is 11.3 Å². The van der Waals surface area contributed by atoms with Crippen molar-refractivity contribution < 1.29 is 29.0 Å². The van der Waals surface area contributed by atoms with Gasteiger partial charge < -0.3 is 19.5 Å². The molecule has 1 aromatic heterocycles. The lowest BCUT2D eigenvalue weighted by atomic mass is 10.1. The van der Waals surface area contributed by atoms with Gasteiger partial charge in [-0.15, -0.1) is 11.3 Å². The van der Waals surface area contributed by atoms with Crippen molar-refractivity contribution in [3.63, 3.8) is 0 Å². The number of amides is 2. The normalized spacial score (nSPS) is 14.0. The minimum absolute atomic E-state index is 0.0925. The van der Waals surface area contributed by atoms with Gasteiger partial charge in [0.05, 0.1) is 18.9 Å². The highest BCUT2D eigenvalue weighted by atomic mass is 32.1. The lowest BCUT2D eigenvalue weighted by Crippen LogP contribution is -2.43. The van der Waals surface area contributed by atoms with Gasteiger partial charge in [-0.25, -0.2) is 9.78 Å². The molecule has 3 rings (SSSR count). The second kappa shape index (κ2) is 9.80. The Bertz CT molecular complexity index is 920. The predicted octanol–water partition coefficient (Wildman–Crippen LogP) is 1.63. The Hall–Kier alpha value is -3.24. The SMILES string of the molecule is O=C(O)/C=C/C(=O)Nc1nc(-c2ccccc2OCC(=O)N2CCOCC2)cs1. The Balaban J connectivity index is 1.65. The number of benzene rings is 1. The maximum Gasteiger partial charge on any atom is 0.328 e. The Kier molecular flexibility index (Phi) is 6.93. The molecule has 29 heavy (non-hydrogen) atoms. The van der Waals surface area contributed by atoms with Gasteiger partial charge in [0.2, 0.25) is 5.91 Å². The summed E-state index contributed by atoms with van der Waals surface area (Å²) in [6, 6.07) is 7.16. The first kappa shape index (κ1) is 20.5. The lowest BCUT2D eigenvalue weighted by Gasteiger charge is -2.26. The van der Waals surface area contributed by atoms with E-state index in [9.17, 15) is 14.4 Å². The van der Waals surface area contributed by atoms with Gasteiger partial charge in [-0.1, -0.05) is 12.1 Å². The van der Waals surface area contributed by atoms with Crippen molar-refractivity contribution in [2.45, 2.75) is 0 Å². The Morgan fingerprint density at radius 2 is 2.00 bits per heavy atom. The third-order valence-electron chi connectivity index (χ3n) is 3.99. The van der Waals surface area contributed by atoms with E-state index in [0.29, 0.717) is 48.4 Å². The number of carbonyl (C=O) groups excluding carboxylic acids is 2. The van der Waals surface area contributed by atoms with Gasteiger partial charge in [0, 0.05) is 36.2 Å².